The molecular formula is C60H134Bi2SeSi14. The molecule has 77 heavy (non-hydrogen) atoms. The topological polar surface area (TPSA) is 0 Å². The van der Waals surface area contributed by atoms with E-state index in [4.69, 9.17) is 0 Å². The van der Waals surface area contributed by atoms with Gasteiger partial charge in [-0.2, -0.15) is 0 Å². The average molecular weight is 1750 g/mol. The summed E-state index contributed by atoms with van der Waals surface area (Å²) in [7, 11) is -20.9. The first-order valence-corrected chi connectivity index (χ1v) is 83.3. The van der Waals surface area contributed by atoms with E-state index in [0.29, 0.717) is 8.57 Å². The number of hydrogen-bond donors (Lipinski definition) is 0. The van der Waals surface area contributed by atoms with Crippen LogP contribution >= 0.6 is 0 Å². The molecule has 0 atom stereocenters. The van der Waals surface area contributed by atoms with Crippen LogP contribution in [0.1, 0.15) is 54.0 Å². The molecule has 0 bridgehead atoms. The van der Waals surface area contributed by atoms with Crippen LogP contribution in [0, 0.1) is 0 Å². The molecule has 6 radical (unpaired) electrons. The first kappa shape index (κ1) is 80.8. The minimum Gasteiger partial charge on any atom is 0 e. The van der Waals surface area contributed by atoms with Gasteiger partial charge in [0, 0.05) is 17.1 Å². The van der Waals surface area contributed by atoms with Crippen molar-refractivity contribution >= 4 is 186 Å². The van der Waals surface area contributed by atoms with E-state index in [-0.39, 0.29) is 17.1 Å². The summed E-state index contributed by atoms with van der Waals surface area (Å²) >= 11 is 2.92. The maximum Gasteiger partial charge on any atom is 0 e. The SMILES string of the molecule is C[Si](C)(C)C(c1cc(C([Si](C)(C)C)([Si](C)(C)C)[Si](C)(C)C)cc(C([Si](C)(C)C)[Si](C)(C)C)[c]1[Bi])[Si](C)(C)C.C[Si](C)(C)C(c1cc(C([Si](C)(C)C)([Si](C)(C)C)[Si](C)(C)C)cc(C([Si](C)(C)C)[Si](C)(C)C)[c]1[Bi])[Si](C)(C)C.[Se]. The van der Waals surface area contributed by atoms with E-state index < -0.39 is 113 Å². The Morgan fingerprint density at radius 1 is 0.234 bits per heavy atom. The van der Waals surface area contributed by atoms with Gasteiger partial charge < -0.3 is 0 Å². The third kappa shape index (κ3) is 17.6. The van der Waals surface area contributed by atoms with Gasteiger partial charge in [0.05, 0.1) is 0 Å². The molecule has 0 saturated heterocycles. The molecular weight excluding hydrogens is 1610 g/mol. The number of hydrogen-bond acceptors (Lipinski definition) is 0. The Morgan fingerprint density at radius 3 is 0.416 bits per heavy atom. The van der Waals surface area contributed by atoms with Crippen LogP contribution in [0.2, 0.25) is 275 Å². The molecule has 0 saturated carbocycles. The molecule has 0 nitrogen and oxygen atoms in total. The zero-order valence-electron chi connectivity index (χ0n) is 59.9. The summed E-state index contributed by atoms with van der Waals surface area (Å²) in [5.74, 6) is 0. The van der Waals surface area contributed by atoms with Crippen molar-refractivity contribution in [2.24, 2.45) is 0 Å². The number of benzene rings is 2. The fourth-order valence-corrected chi connectivity index (χ4v) is 139. The average Bonchev–Trinajstić information content (AvgIpc) is 3.00. The summed E-state index contributed by atoms with van der Waals surface area (Å²) in [5.41, 5.74) is 11.1. The van der Waals surface area contributed by atoms with Gasteiger partial charge in [-0.25, -0.2) is 0 Å². The van der Waals surface area contributed by atoms with E-state index >= 15 is 0 Å². The van der Waals surface area contributed by atoms with Crippen molar-refractivity contribution in [3.63, 3.8) is 0 Å². The molecule has 446 valence electrons. The molecule has 2 aromatic carbocycles. The molecule has 0 heterocycles. The zero-order chi connectivity index (χ0) is 61.8. The standard InChI is InChI=1S/2C30H67Si7.2Bi.Se/c2*1-31(2,3)28(32(4,5)6)25-22-26(29(33(7,8)9)34(10,11)12)24-27(23-25)30(35(13,14)15,36(16,17)18)37(19,20)21;;;/h2*23-24,28-29H,1-21H3;;;. The van der Waals surface area contributed by atoms with Gasteiger partial charge in [0.2, 0.25) is 0 Å². The number of rotatable bonds is 20. The summed E-state index contributed by atoms with van der Waals surface area (Å²) in [6.45, 7) is 113. The molecule has 17 heteroatoms. The Kier molecular flexibility index (Phi) is 26.6. The van der Waals surface area contributed by atoms with Crippen LogP contribution in [0.5, 0.6) is 0 Å². The molecule has 0 fully saturated rings. The Hall–Kier alpha value is 3.76. The van der Waals surface area contributed by atoms with Crippen LogP contribution in [0.25, 0.3) is 0 Å². The van der Waals surface area contributed by atoms with Gasteiger partial charge in [0.25, 0.3) is 0 Å². The van der Waals surface area contributed by atoms with E-state index in [0.717, 1.165) is 20.7 Å². The second-order valence-corrected chi connectivity index (χ2v) is 122. The Labute approximate surface area is 541 Å². The molecule has 0 N–H and O–H groups in total. The van der Waals surface area contributed by atoms with E-state index in [1.54, 1.807) is 0 Å². The Bertz CT molecular complexity index is 1900. The monoisotopic (exact) mass is 1740 g/mol. The van der Waals surface area contributed by atoms with Crippen LogP contribution in [-0.4, -0.2) is 180 Å². The fourth-order valence-electron chi connectivity index (χ4n) is 20.9. The van der Waals surface area contributed by atoms with E-state index in [9.17, 15) is 0 Å². The smallest absolute Gasteiger partial charge is 0 e. The molecule has 2 rings (SSSR count). The first-order chi connectivity index (χ1) is 32.5. The Balaban J connectivity index is 0.00000148. The van der Waals surface area contributed by atoms with Gasteiger partial charge in [-0.1, -0.05) is 0 Å². The largest absolute Gasteiger partial charge is 0 e. The van der Waals surface area contributed by atoms with Crippen LogP contribution < -0.4 is 6.54 Å². The predicted octanol–water partition coefficient (Wildman–Crippen LogP) is 19.7. The van der Waals surface area contributed by atoms with Crippen molar-refractivity contribution in [2.75, 3.05) is 0 Å². The molecule has 0 aliphatic carbocycles. The van der Waals surface area contributed by atoms with Crippen molar-refractivity contribution in [3.05, 3.63) is 57.6 Å². The van der Waals surface area contributed by atoms with Gasteiger partial charge in [-0.3, -0.25) is 0 Å². The van der Waals surface area contributed by atoms with Crippen molar-refractivity contribution in [3.8, 4) is 0 Å². The van der Waals surface area contributed by atoms with Gasteiger partial charge in [-0.15, -0.1) is 0 Å². The molecule has 2 aromatic rings. The van der Waals surface area contributed by atoms with Crippen molar-refractivity contribution in [2.45, 2.75) is 304 Å². The maximum atomic E-state index is 2.92. The van der Waals surface area contributed by atoms with Gasteiger partial charge >= 0.3 is 531 Å². The van der Waals surface area contributed by atoms with Gasteiger partial charge in [0.15, 0.2) is 0 Å². The van der Waals surface area contributed by atoms with Crippen LogP contribution in [0.3, 0.4) is 0 Å². The molecule has 0 aliphatic rings. The second kappa shape index (κ2) is 25.3. The van der Waals surface area contributed by atoms with Gasteiger partial charge in [-0.05, 0) is 0 Å². The normalized spacial score (nSPS) is 15.4. The summed E-state index contributed by atoms with van der Waals surface area (Å²) in [6.07, 6.45) is 0. The van der Waals surface area contributed by atoms with E-state index in [1.165, 1.54) is 49.4 Å². The fraction of sp³-hybridized carbons (Fsp3) is 0.800. The predicted molar refractivity (Wildman–Crippen MR) is 411 cm³/mol. The molecule has 0 aliphatic heterocycles. The zero-order valence-corrected chi connectivity index (χ0v) is 82.6. The maximum absolute atomic E-state index is 2.92. The third-order valence-electron chi connectivity index (χ3n) is 18.1. The molecule has 0 unspecified atom stereocenters. The Morgan fingerprint density at radius 2 is 0.338 bits per heavy atom. The quantitative estimate of drug-likeness (QED) is 0.116. The van der Waals surface area contributed by atoms with Crippen molar-refractivity contribution < 1.29 is 0 Å². The van der Waals surface area contributed by atoms with Crippen molar-refractivity contribution in [1.29, 1.82) is 0 Å². The minimum absolute atomic E-state index is 0. The molecule has 0 spiro atoms. The van der Waals surface area contributed by atoms with Crippen molar-refractivity contribution in [1.82, 2.24) is 0 Å². The first-order valence-electron chi connectivity index (χ1n) is 30.2. The third-order valence-corrected chi connectivity index (χ3v) is 102. The van der Waals surface area contributed by atoms with E-state index in [1.807, 2.05) is 39.9 Å². The van der Waals surface area contributed by atoms with E-state index in [2.05, 4.69) is 299 Å². The molecule has 0 aromatic heterocycles. The van der Waals surface area contributed by atoms with Crippen LogP contribution in [0.15, 0.2) is 24.3 Å². The minimum atomic E-state index is -1.59. The molecule has 0 amide bonds. The summed E-state index contributed by atoms with van der Waals surface area (Å²) in [6, 6.07) is 11.7. The van der Waals surface area contributed by atoms with Gasteiger partial charge in [0.1, 0.15) is 0 Å². The summed E-state index contributed by atoms with van der Waals surface area (Å²) < 4.78 is 4.51. The van der Waals surface area contributed by atoms with Crippen LogP contribution in [0.4, 0.5) is 0 Å². The second-order valence-electron chi connectivity index (χ2n) is 39.7. The summed E-state index contributed by atoms with van der Waals surface area (Å²) in [5, 5.41) is 3.28. The van der Waals surface area contributed by atoms with Crippen LogP contribution in [-0.2, 0) is 8.57 Å². The summed E-state index contributed by atoms with van der Waals surface area (Å²) in [4.78, 5) is 0.